The summed E-state index contributed by atoms with van der Waals surface area (Å²) in [4.78, 5) is 30.0. The molecule has 51 heavy (non-hydrogen) atoms. The summed E-state index contributed by atoms with van der Waals surface area (Å²) in [6, 6.07) is -0.242. The molecule has 0 amide bonds. The molecule has 3 aliphatic heterocycles. The molecule has 0 radical (unpaired) electrons. The summed E-state index contributed by atoms with van der Waals surface area (Å²) in [5.41, 5.74) is -3.73. The van der Waals surface area contributed by atoms with Gasteiger partial charge in [-0.05, 0) is 73.4 Å². The Morgan fingerprint density at radius 1 is 0.882 bits per heavy atom. The molecule has 17 atom stereocenters. The Balaban J connectivity index is 2.18. The van der Waals surface area contributed by atoms with Gasteiger partial charge in [-0.1, -0.05) is 41.5 Å². The number of hydrogen-bond donors (Lipinski definition) is 4. The number of aliphatic hydroxyl groups excluding tert-OH is 3. The second-order valence-electron chi connectivity index (χ2n) is 17.1. The number of likely N-dealkylation sites (N-methyl/N-ethyl adjacent to an activating group) is 1. The summed E-state index contributed by atoms with van der Waals surface area (Å²) in [6.07, 6.45) is -7.84. The number of methoxy groups -OCH3 is 1. The number of aliphatic hydroxyl groups is 4. The minimum atomic E-state index is -1.93. The zero-order valence-electron chi connectivity index (χ0n) is 33.5. The third-order valence-corrected chi connectivity index (χ3v) is 12.1. The number of nitrogens with zero attached hydrogens (tertiary/aromatic N) is 1. The van der Waals surface area contributed by atoms with Crippen LogP contribution in [0.25, 0.3) is 0 Å². The lowest BCUT2D eigenvalue weighted by Gasteiger charge is -2.49. The molecule has 0 saturated carbocycles. The van der Waals surface area contributed by atoms with Crippen LogP contribution in [0.4, 0.5) is 0 Å². The van der Waals surface area contributed by atoms with Gasteiger partial charge in [-0.25, -0.2) is 0 Å². The molecule has 0 aromatic heterocycles. The number of esters is 1. The van der Waals surface area contributed by atoms with E-state index in [1.54, 1.807) is 41.5 Å². The Morgan fingerprint density at radius 3 is 2.04 bits per heavy atom. The van der Waals surface area contributed by atoms with Gasteiger partial charge < -0.3 is 53.7 Å². The zero-order valence-corrected chi connectivity index (χ0v) is 33.5. The van der Waals surface area contributed by atoms with Crippen LogP contribution in [0.5, 0.6) is 0 Å². The van der Waals surface area contributed by atoms with Gasteiger partial charge >= 0.3 is 5.97 Å². The van der Waals surface area contributed by atoms with Crippen LogP contribution in [0.1, 0.15) is 102 Å². The number of cyclic esters (lactones) is 1. The number of carbonyl (C=O) groups is 2. The van der Waals surface area contributed by atoms with Gasteiger partial charge in [0.1, 0.15) is 29.7 Å². The fourth-order valence-electron chi connectivity index (χ4n) is 8.76. The summed E-state index contributed by atoms with van der Waals surface area (Å²) in [7, 11) is 5.31. The predicted octanol–water partition coefficient (Wildman–Crippen LogP) is 3.06. The second kappa shape index (κ2) is 17.0. The quantitative estimate of drug-likeness (QED) is 0.282. The van der Waals surface area contributed by atoms with Gasteiger partial charge in [0.15, 0.2) is 12.6 Å². The van der Waals surface area contributed by atoms with Crippen molar-refractivity contribution >= 4 is 11.8 Å². The smallest absolute Gasteiger partial charge is 0.311 e. The highest BCUT2D eigenvalue weighted by Crippen LogP contribution is 2.43. The monoisotopic (exact) mass is 731 g/mol. The van der Waals surface area contributed by atoms with Crippen LogP contribution in [0.3, 0.4) is 0 Å². The number of Topliss-reactive ketones (excluding diaryl/α,β-unsaturated/α-hetero) is 1. The average Bonchev–Trinajstić information content (AvgIpc) is 3.05. The maximum atomic E-state index is 14.1. The molecule has 3 saturated heterocycles. The van der Waals surface area contributed by atoms with Crippen molar-refractivity contribution < 1.29 is 58.4 Å². The molecule has 3 fully saturated rings. The van der Waals surface area contributed by atoms with Gasteiger partial charge in [-0.3, -0.25) is 9.59 Å². The maximum absolute atomic E-state index is 14.1. The Kier molecular flexibility index (Phi) is 14.7. The summed E-state index contributed by atoms with van der Waals surface area (Å²) in [5, 5.41) is 45.5. The molecule has 0 aromatic carbocycles. The first-order chi connectivity index (χ1) is 23.4. The van der Waals surface area contributed by atoms with Crippen LogP contribution >= 0.6 is 0 Å². The van der Waals surface area contributed by atoms with E-state index < -0.39 is 102 Å². The van der Waals surface area contributed by atoms with Crippen molar-refractivity contribution in [1.29, 1.82) is 0 Å². The minimum Gasteiger partial charge on any atom is -0.459 e. The summed E-state index contributed by atoms with van der Waals surface area (Å²) < 4.78 is 37.7. The van der Waals surface area contributed by atoms with E-state index in [0.717, 1.165) is 0 Å². The van der Waals surface area contributed by atoms with Crippen LogP contribution in [0.15, 0.2) is 0 Å². The van der Waals surface area contributed by atoms with E-state index in [0.29, 0.717) is 12.8 Å². The third kappa shape index (κ3) is 9.52. The van der Waals surface area contributed by atoms with Crippen molar-refractivity contribution in [3.05, 3.63) is 0 Å². The number of rotatable bonds is 7. The van der Waals surface area contributed by atoms with Crippen molar-refractivity contribution in [2.24, 2.45) is 29.1 Å². The van der Waals surface area contributed by atoms with E-state index in [1.807, 2.05) is 46.7 Å². The molecule has 0 aromatic rings. The van der Waals surface area contributed by atoms with Gasteiger partial charge in [0.05, 0.1) is 42.0 Å². The molecule has 298 valence electrons. The molecule has 13 heteroatoms. The van der Waals surface area contributed by atoms with E-state index >= 15 is 0 Å². The van der Waals surface area contributed by atoms with Gasteiger partial charge in [0.2, 0.25) is 0 Å². The normalized spacial score (nSPS) is 47.9. The largest absolute Gasteiger partial charge is 0.459 e. The number of ketones is 1. The van der Waals surface area contributed by atoms with Crippen LogP contribution in [0, 0.1) is 29.1 Å². The van der Waals surface area contributed by atoms with Crippen LogP contribution in [0.2, 0.25) is 0 Å². The molecule has 0 bridgehead atoms. The molecule has 0 spiro atoms. The lowest BCUT2D eigenvalue weighted by atomic mass is 9.69. The molecule has 3 aliphatic rings. The van der Waals surface area contributed by atoms with Crippen molar-refractivity contribution in [2.75, 3.05) is 21.2 Å². The Labute approximate surface area is 305 Å². The fraction of sp³-hybridized carbons (Fsp3) is 0.947. The Bertz CT molecular complexity index is 1170. The first-order valence-electron chi connectivity index (χ1n) is 18.8. The Morgan fingerprint density at radius 2 is 1.49 bits per heavy atom. The fourth-order valence-corrected chi connectivity index (χ4v) is 8.76. The lowest BCUT2D eigenvalue weighted by molar-refractivity contribution is -0.313. The Hall–Kier alpha value is -1.26. The van der Waals surface area contributed by atoms with Crippen LogP contribution in [-0.2, 0) is 38.0 Å². The standard InChI is InChI=1S/C38H69NO12/c1-15-26-38(11,45)31(42)21(4)28(40)19(2)17-36(8,9)33(51-35-29(41)25(39(12)13)16-20(3)47-35)22(5)30(23(6)34(44)49-26)50-27-18-37(10,46-14)32(43)24(7)48-27/h19-27,29-33,35,41-43,45H,15-18H2,1-14H3/t19?,20?,21?,22?,23?,24?,25?,26-,27?,29?,30?,31?,32?,33?,35?,37?,38?/m1/s1. The number of ether oxygens (including phenoxy) is 6. The highest BCUT2D eigenvalue weighted by Gasteiger charge is 2.53. The highest BCUT2D eigenvalue weighted by atomic mass is 16.7. The molecule has 13 nitrogen and oxygen atoms in total. The van der Waals surface area contributed by atoms with E-state index in [-0.39, 0.29) is 30.8 Å². The molecule has 0 aliphatic carbocycles. The SMILES string of the molecule is CC[C@H]1OC(=O)C(C)C(OC2CC(C)(OC)C(O)C(C)O2)C(C)C(OC2OC(C)CC(N(C)C)C2O)C(C)(C)CC(C)C(=O)C(C)C(O)C1(C)O. The number of hydrogen-bond acceptors (Lipinski definition) is 13. The van der Waals surface area contributed by atoms with Crippen LogP contribution in [-0.4, -0.2) is 137 Å². The van der Waals surface area contributed by atoms with Gasteiger partial charge in [0.25, 0.3) is 0 Å². The van der Waals surface area contributed by atoms with E-state index in [2.05, 4.69) is 0 Å². The van der Waals surface area contributed by atoms with E-state index in [1.165, 1.54) is 14.0 Å². The van der Waals surface area contributed by atoms with E-state index in [4.69, 9.17) is 28.4 Å². The molecular weight excluding hydrogens is 662 g/mol. The minimum absolute atomic E-state index is 0.156. The highest BCUT2D eigenvalue weighted by molar-refractivity contribution is 5.83. The molecule has 4 N–H and O–H groups in total. The van der Waals surface area contributed by atoms with Crippen molar-refractivity contribution in [3.63, 3.8) is 0 Å². The van der Waals surface area contributed by atoms with Crippen molar-refractivity contribution in [1.82, 2.24) is 4.90 Å². The number of carbonyl (C=O) groups excluding carboxylic acids is 2. The second-order valence-corrected chi connectivity index (χ2v) is 17.1. The van der Waals surface area contributed by atoms with Gasteiger partial charge in [-0.15, -0.1) is 0 Å². The molecule has 16 unspecified atom stereocenters. The van der Waals surface area contributed by atoms with Crippen molar-refractivity contribution in [2.45, 2.75) is 181 Å². The van der Waals surface area contributed by atoms with Gasteiger partial charge in [-0.2, -0.15) is 0 Å². The topological polar surface area (TPSA) is 174 Å². The summed E-state index contributed by atoms with van der Waals surface area (Å²) in [6.45, 7) is 19.4. The first-order valence-corrected chi connectivity index (χ1v) is 18.8. The van der Waals surface area contributed by atoms with Crippen molar-refractivity contribution in [3.8, 4) is 0 Å². The maximum Gasteiger partial charge on any atom is 0.311 e. The van der Waals surface area contributed by atoms with Crippen LogP contribution < -0.4 is 0 Å². The predicted molar refractivity (Wildman–Crippen MR) is 189 cm³/mol. The first kappa shape index (κ1) is 44.1. The molecular formula is C38H69NO12. The summed E-state index contributed by atoms with van der Waals surface area (Å²) in [5.74, 6) is -4.01. The summed E-state index contributed by atoms with van der Waals surface area (Å²) >= 11 is 0. The molecule has 3 rings (SSSR count). The lowest BCUT2D eigenvalue weighted by Crippen LogP contribution is -2.60. The average molecular weight is 732 g/mol. The zero-order chi connectivity index (χ0) is 39.0. The van der Waals surface area contributed by atoms with Gasteiger partial charge in [0, 0.05) is 37.3 Å². The van der Waals surface area contributed by atoms with E-state index in [9.17, 15) is 30.0 Å². The molecule has 3 heterocycles. The third-order valence-electron chi connectivity index (χ3n) is 12.1.